The van der Waals surface area contributed by atoms with Gasteiger partial charge in [-0.2, -0.15) is 0 Å². The third-order valence-electron chi connectivity index (χ3n) is 16.7. The van der Waals surface area contributed by atoms with Gasteiger partial charge in [-0.15, -0.1) is 0 Å². The number of esters is 4. The molecule has 0 aliphatic heterocycles. The minimum Gasteiger partial charge on any atom is -0.462 e. The average Bonchev–Trinajstić information content (AvgIpc) is 3.68. The lowest BCUT2D eigenvalue weighted by molar-refractivity contribution is -0.161. The number of hydrogen-bond donors (Lipinski definition) is 3. The van der Waals surface area contributed by atoms with Crippen LogP contribution in [0.4, 0.5) is 0 Å². The second kappa shape index (κ2) is 60.7. The van der Waals surface area contributed by atoms with Gasteiger partial charge in [-0.1, -0.05) is 299 Å². The van der Waals surface area contributed by atoms with Crippen LogP contribution in [0.25, 0.3) is 0 Å². The third-order valence-corrected chi connectivity index (χ3v) is 18.6. The molecule has 0 aromatic carbocycles. The van der Waals surface area contributed by atoms with Crippen LogP contribution in [-0.2, 0) is 65.4 Å². The zero-order chi connectivity index (χ0) is 66.8. The summed E-state index contributed by atoms with van der Waals surface area (Å²) in [7, 11) is -9.90. The van der Waals surface area contributed by atoms with Crippen molar-refractivity contribution in [1.82, 2.24) is 0 Å². The highest BCUT2D eigenvalue weighted by molar-refractivity contribution is 7.47. The number of ether oxygens (including phenoxy) is 4. The van der Waals surface area contributed by atoms with E-state index in [1.165, 1.54) is 148 Å². The van der Waals surface area contributed by atoms with Gasteiger partial charge < -0.3 is 33.8 Å². The monoisotopic (exact) mass is 1320 g/mol. The number of rotatable bonds is 68. The molecule has 0 aromatic heterocycles. The van der Waals surface area contributed by atoms with Crippen LogP contribution in [0.15, 0.2) is 0 Å². The molecule has 0 saturated carbocycles. The number of phosphoric ester groups is 2. The van der Waals surface area contributed by atoms with Crippen molar-refractivity contribution in [1.29, 1.82) is 0 Å². The summed E-state index contributed by atoms with van der Waals surface area (Å²) >= 11 is 0. The number of unbranched alkanes of at least 4 members (excludes halogenated alkanes) is 33. The van der Waals surface area contributed by atoms with Crippen LogP contribution >= 0.6 is 15.6 Å². The fourth-order valence-electron chi connectivity index (χ4n) is 10.6. The largest absolute Gasteiger partial charge is 0.472 e. The lowest BCUT2D eigenvalue weighted by Gasteiger charge is -2.21. The molecule has 0 fully saturated rings. The Morgan fingerprint density at radius 3 is 0.789 bits per heavy atom. The minimum absolute atomic E-state index is 0.102. The quantitative estimate of drug-likeness (QED) is 0.0222. The van der Waals surface area contributed by atoms with E-state index in [2.05, 4.69) is 55.4 Å². The van der Waals surface area contributed by atoms with Gasteiger partial charge in [-0.25, -0.2) is 9.13 Å². The maximum Gasteiger partial charge on any atom is 0.472 e. The number of hydrogen-bond acceptors (Lipinski definition) is 15. The van der Waals surface area contributed by atoms with Gasteiger partial charge in [0.25, 0.3) is 0 Å². The van der Waals surface area contributed by atoms with E-state index < -0.39 is 97.5 Å². The highest BCUT2D eigenvalue weighted by atomic mass is 31.2. The minimum atomic E-state index is -4.95. The summed E-state index contributed by atoms with van der Waals surface area (Å²) in [5, 5.41) is 10.6. The Balaban J connectivity index is 5.19. The number of aliphatic hydroxyl groups excluding tert-OH is 1. The van der Waals surface area contributed by atoms with Crippen molar-refractivity contribution in [2.75, 3.05) is 39.6 Å². The molecule has 0 amide bonds. The van der Waals surface area contributed by atoms with Crippen molar-refractivity contribution in [3.63, 3.8) is 0 Å². The fraction of sp³-hybridized carbons (Fsp3) is 0.944. The molecule has 90 heavy (non-hydrogen) atoms. The van der Waals surface area contributed by atoms with Crippen LogP contribution < -0.4 is 0 Å². The van der Waals surface area contributed by atoms with Gasteiger partial charge in [0.1, 0.15) is 19.3 Å². The Kier molecular flexibility index (Phi) is 59.4. The predicted octanol–water partition coefficient (Wildman–Crippen LogP) is 20.1. The Morgan fingerprint density at radius 1 is 0.311 bits per heavy atom. The van der Waals surface area contributed by atoms with Gasteiger partial charge in [0.05, 0.1) is 26.4 Å². The first-order valence-electron chi connectivity index (χ1n) is 36.7. The number of carbonyl (C=O) groups is 4. The smallest absolute Gasteiger partial charge is 0.462 e. The van der Waals surface area contributed by atoms with Gasteiger partial charge >= 0.3 is 39.5 Å². The summed E-state index contributed by atoms with van der Waals surface area (Å²) in [6.45, 7) is 14.1. The molecule has 3 N–H and O–H groups in total. The number of carbonyl (C=O) groups excluding carboxylic acids is 4. The van der Waals surface area contributed by atoms with Crippen molar-refractivity contribution in [2.45, 2.75) is 369 Å². The Labute approximate surface area is 549 Å². The van der Waals surface area contributed by atoms with Crippen molar-refractivity contribution < 1.29 is 80.2 Å². The number of phosphoric acid groups is 2. The van der Waals surface area contributed by atoms with E-state index in [4.69, 9.17) is 37.0 Å². The highest BCUT2D eigenvalue weighted by Crippen LogP contribution is 2.45. The molecule has 0 radical (unpaired) electrons. The van der Waals surface area contributed by atoms with Crippen molar-refractivity contribution in [3.05, 3.63) is 0 Å². The van der Waals surface area contributed by atoms with Crippen LogP contribution in [-0.4, -0.2) is 96.7 Å². The molecule has 6 atom stereocenters. The summed E-state index contributed by atoms with van der Waals surface area (Å²) in [6.07, 6.45) is 43.3. The third kappa shape index (κ3) is 63.5. The van der Waals surface area contributed by atoms with E-state index in [0.717, 1.165) is 108 Å². The van der Waals surface area contributed by atoms with Crippen LogP contribution in [0.1, 0.15) is 351 Å². The molecule has 0 heterocycles. The second-order valence-electron chi connectivity index (χ2n) is 27.3. The molecule has 0 bridgehead atoms. The van der Waals surface area contributed by atoms with E-state index in [1.807, 2.05) is 0 Å². The summed E-state index contributed by atoms with van der Waals surface area (Å²) in [5.74, 6) is 0.844. The van der Waals surface area contributed by atoms with E-state index in [1.54, 1.807) is 0 Å². The lowest BCUT2D eigenvalue weighted by atomic mass is 9.99. The van der Waals surface area contributed by atoms with E-state index in [9.17, 15) is 43.2 Å². The van der Waals surface area contributed by atoms with Gasteiger partial charge in [0, 0.05) is 25.7 Å². The molecule has 0 rings (SSSR count). The van der Waals surface area contributed by atoms with Crippen molar-refractivity contribution in [3.8, 4) is 0 Å². The molecule has 0 aliphatic rings. The molecular formula is C71H138O17P2. The fourth-order valence-corrected chi connectivity index (χ4v) is 12.2. The normalized spacial score (nSPS) is 14.6. The maximum atomic E-state index is 13.0. The Morgan fingerprint density at radius 2 is 0.533 bits per heavy atom. The van der Waals surface area contributed by atoms with Crippen molar-refractivity contribution in [2.24, 2.45) is 23.7 Å². The summed E-state index contributed by atoms with van der Waals surface area (Å²) in [6, 6.07) is 0. The topological polar surface area (TPSA) is 237 Å². The van der Waals surface area contributed by atoms with Gasteiger partial charge in [0.2, 0.25) is 0 Å². The highest BCUT2D eigenvalue weighted by Gasteiger charge is 2.30. The zero-order valence-electron chi connectivity index (χ0n) is 58.8. The van der Waals surface area contributed by atoms with Gasteiger partial charge in [-0.05, 0) is 49.4 Å². The van der Waals surface area contributed by atoms with E-state index >= 15 is 0 Å². The molecule has 0 aliphatic carbocycles. The first kappa shape index (κ1) is 88.1. The standard InChI is InChI=1S/C71H138O17P2/c1-9-64(8)50-42-34-25-19-16-17-21-27-37-45-53-70(75)87-66(57-82-69(74)52-44-36-28-22-24-32-40-48-62(4)5)59-85-89(77,78)83-55-65(72)56-84-90(79,80)86-60-67(88-71(76)54-46-38-30-29-33-41-49-63(6)7)58-81-68(73)51-43-35-26-20-15-13-11-10-12-14-18-23-31-39-47-61(2)3/h61-67,72H,9-60H2,1-8H3,(H,77,78)(H,79,80)/t64?,65?,66-,67-/m1/s1. The predicted molar refractivity (Wildman–Crippen MR) is 363 cm³/mol. The first-order chi connectivity index (χ1) is 43.1. The molecular weight excluding hydrogens is 1190 g/mol. The second-order valence-corrected chi connectivity index (χ2v) is 30.2. The van der Waals surface area contributed by atoms with E-state index in [0.29, 0.717) is 37.5 Å². The van der Waals surface area contributed by atoms with Gasteiger partial charge in [-0.3, -0.25) is 37.3 Å². The first-order valence-corrected chi connectivity index (χ1v) is 39.7. The zero-order valence-corrected chi connectivity index (χ0v) is 60.6. The molecule has 0 saturated heterocycles. The molecule has 17 nitrogen and oxygen atoms in total. The SMILES string of the molecule is CCC(C)CCCCCCCCCCCCC(=O)O[C@H](COC(=O)CCCCCCCCCC(C)C)COP(=O)(O)OCC(O)COP(=O)(O)OC[C@@H](COC(=O)CCCCCCCCCCCCCCCCC(C)C)OC(=O)CCCCCCCCC(C)C. The average molecular weight is 1330 g/mol. The van der Waals surface area contributed by atoms with Crippen LogP contribution in [0.3, 0.4) is 0 Å². The molecule has 0 spiro atoms. The van der Waals surface area contributed by atoms with Crippen LogP contribution in [0, 0.1) is 23.7 Å². The van der Waals surface area contributed by atoms with Crippen molar-refractivity contribution >= 4 is 39.5 Å². The van der Waals surface area contributed by atoms with Crippen LogP contribution in [0.2, 0.25) is 0 Å². The molecule has 19 heteroatoms. The number of aliphatic hydroxyl groups is 1. The maximum absolute atomic E-state index is 13.0. The lowest BCUT2D eigenvalue weighted by Crippen LogP contribution is -2.30. The summed E-state index contributed by atoms with van der Waals surface area (Å²) < 4.78 is 68.3. The van der Waals surface area contributed by atoms with Gasteiger partial charge in [0.15, 0.2) is 12.2 Å². The Bertz CT molecular complexity index is 1780. The van der Waals surface area contributed by atoms with Crippen LogP contribution in [0.5, 0.6) is 0 Å². The molecule has 534 valence electrons. The summed E-state index contributed by atoms with van der Waals surface area (Å²) in [5.41, 5.74) is 0. The summed E-state index contributed by atoms with van der Waals surface area (Å²) in [4.78, 5) is 72.5. The molecule has 4 unspecified atom stereocenters. The van der Waals surface area contributed by atoms with E-state index in [-0.39, 0.29) is 25.7 Å². The molecule has 0 aromatic rings. The Hall–Kier alpha value is -1.94.